The van der Waals surface area contributed by atoms with Gasteiger partial charge in [-0.05, 0) is 13.0 Å². The van der Waals surface area contributed by atoms with Gasteiger partial charge in [-0.25, -0.2) is 0 Å². The number of hydrogen-bond acceptors (Lipinski definition) is 1. The first-order valence-corrected chi connectivity index (χ1v) is 3.27. The molecule has 0 unspecified atom stereocenters. The lowest BCUT2D eigenvalue weighted by Gasteiger charge is -1.90. The summed E-state index contributed by atoms with van der Waals surface area (Å²) < 4.78 is 1.90. The third-order valence-corrected chi connectivity index (χ3v) is 1.40. The molecule has 2 nitrogen and oxygen atoms in total. The van der Waals surface area contributed by atoms with Gasteiger partial charge in [-0.1, -0.05) is 0 Å². The summed E-state index contributed by atoms with van der Waals surface area (Å²) in [5.74, 6) is 0. The summed E-state index contributed by atoms with van der Waals surface area (Å²) in [6.45, 7) is 2.87. The molecule has 1 aromatic heterocycles. The highest BCUT2D eigenvalue weighted by atomic mass is 14.9. The monoisotopic (exact) mass is 133 g/mol. The average Bonchev–Trinajstić information content (AvgIpc) is 2.04. The van der Waals surface area contributed by atoms with Crippen LogP contribution < -0.4 is 4.57 Å². The molecule has 0 aromatic carbocycles. The molecule has 0 aliphatic heterocycles. The quantitative estimate of drug-likeness (QED) is 0.522. The fourth-order valence-corrected chi connectivity index (χ4v) is 0.854. The van der Waals surface area contributed by atoms with Crippen LogP contribution in [0.25, 0.3) is 0 Å². The van der Waals surface area contributed by atoms with Crippen molar-refractivity contribution in [3.63, 3.8) is 0 Å². The molecule has 2 heteroatoms. The van der Waals surface area contributed by atoms with Gasteiger partial charge in [0.05, 0.1) is 0 Å². The molecule has 0 fully saturated rings. The Balaban J connectivity index is 3.12. The largest absolute Gasteiger partial charge is 0.283 e. The van der Waals surface area contributed by atoms with Gasteiger partial charge >= 0.3 is 0 Å². The molecular formula is C8H9N2+. The molecule has 0 aliphatic rings. The SMILES string of the molecule is CC[n+]1ccccc1C#N. The van der Waals surface area contributed by atoms with E-state index in [1.807, 2.05) is 35.9 Å². The molecule has 0 saturated heterocycles. The summed E-state index contributed by atoms with van der Waals surface area (Å²) in [7, 11) is 0. The van der Waals surface area contributed by atoms with Crippen LogP contribution in [0.3, 0.4) is 0 Å². The summed E-state index contributed by atoms with van der Waals surface area (Å²) in [5.41, 5.74) is 0.713. The molecule has 10 heavy (non-hydrogen) atoms. The molecule has 0 atom stereocenters. The molecule has 1 heterocycles. The van der Waals surface area contributed by atoms with Crippen LogP contribution in [0.2, 0.25) is 0 Å². The fourth-order valence-electron chi connectivity index (χ4n) is 0.854. The van der Waals surface area contributed by atoms with E-state index in [0.717, 1.165) is 6.54 Å². The normalized spacial score (nSPS) is 8.80. The van der Waals surface area contributed by atoms with Crippen LogP contribution in [0.15, 0.2) is 24.4 Å². The highest BCUT2D eigenvalue weighted by Gasteiger charge is 2.02. The van der Waals surface area contributed by atoms with Crippen LogP contribution in [0.5, 0.6) is 0 Å². The summed E-state index contributed by atoms with van der Waals surface area (Å²) in [6, 6.07) is 7.71. The maximum atomic E-state index is 8.58. The minimum atomic E-state index is 0.713. The lowest BCUT2D eigenvalue weighted by Crippen LogP contribution is -2.35. The predicted octanol–water partition coefficient (Wildman–Crippen LogP) is 0.866. The Bertz CT molecular complexity index is 260. The van der Waals surface area contributed by atoms with E-state index in [2.05, 4.69) is 6.07 Å². The van der Waals surface area contributed by atoms with Crippen molar-refractivity contribution in [3.8, 4) is 6.07 Å². The van der Waals surface area contributed by atoms with Crippen LogP contribution in [0.1, 0.15) is 12.6 Å². The molecule has 0 radical (unpaired) electrons. The van der Waals surface area contributed by atoms with E-state index in [1.54, 1.807) is 0 Å². The minimum Gasteiger partial charge on any atom is -0.190 e. The molecule has 0 aliphatic carbocycles. The topological polar surface area (TPSA) is 27.7 Å². The summed E-state index contributed by atoms with van der Waals surface area (Å²) in [6.07, 6.45) is 1.90. The first-order chi connectivity index (χ1) is 4.88. The Morgan fingerprint density at radius 3 is 2.90 bits per heavy atom. The zero-order chi connectivity index (χ0) is 7.40. The van der Waals surface area contributed by atoms with Gasteiger partial charge in [0.1, 0.15) is 6.54 Å². The third kappa shape index (κ3) is 1.14. The van der Waals surface area contributed by atoms with Gasteiger partial charge in [-0.3, -0.25) is 0 Å². The van der Waals surface area contributed by atoms with E-state index in [-0.39, 0.29) is 0 Å². The Hall–Kier alpha value is -1.36. The van der Waals surface area contributed by atoms with Gasteiger partial charge in [0.15, 0.2) is 12.3 Å². The van der Waals surface area contributed by atoms with E-state index in [1.165, 1.54) is 0 Å². The second-order valence-corrected chi connectivity index (χ2v) is 1.98. The first kappa shape index (κ1) is 6.76. The number of pyridine rings is 1. The predicted molar refractivity (Wildman–Crippen MR) is 37.0 cm³/mol. The molecule has 0 amide bonds. The average molecular weight is 133 g/mol. The van der Waals surface area contributed by atoms with Crippen LogP contribution in [0.4, 0.5) is 0 Å². The number of nitriles is 1. The van der Waals surface area contributed by atoms with Crippen molar-refractivity contribution in [1.29, 1.82) is 5.26 Å². The zero-order valence-electron chi connectivity index (χ0n) is 5.91. The van der Waals surface area contributed by atoms with Gasteiger partial charge in [-0.15, -0.1) is 0 Å². The molecule has 0 spiro atoms. The van der Waals surface area contributed by atoms with Crippen molar-refractivity contribution in [2.75, 3.05) is 0 Å². The van der Waals surface area contributed by atoms with Crippen molar-refractivity contribution >= 4 is 0 Å². The first-order valence-electron chi connectivity index (χ1n) is 3.27. The van der Waals surface area contributed by atoms with E-state index >= 15 is 0 Å². The smallest absolute Gasteiger partial charge is 0.190 e. The summed E-state index contributed by atoms with van der Waals surface area (Å²) in [5, 5.41) is 8.58. The van der Waals surface area contributed by atoms with Crippen LogP contribution >= 0.6 is 0 Å². The molecule has 1 aromatic rings. The van der Waals surface area contributed by atoms with E-state index in [0.29, 0.717) is 5.69 Å². The van der Waals surface area contributed by atoms with E-state index in [4.69, 9.17) is 5.26 Å². The molecule has 1 rings (SSSR count). The van der Waals surface area contributed by atoms with Gasteiger partial charge in [-0.2, -0.15) is 9.83 Å². The molecule has 0 saturated carbocycles. The van der Waals surface area contributed by atoms with Crippen molar-refractivity contribution in [3.05, 3.63) is 30.1 Å². The van der Waals surface area contributed by atoms with Gasteiger partial charge in [0, 0.05) is 12.1 Å². The second-order valence-electron chi connectivity index (χ2n) is 1.98. The third-order valence-electron chi connectivity index (χ3n) is 1.40. The Morgan fingerprint density at radius 2 is 2.40 bits per heavy atom. The Kier molecular flexibility index (Phi) is 2.01. The number of rotatable bonds is 1. The Labute approximate surface area is 60.3 Å². The van der Waals surface area contributed by atoms with E-state index in [9.17, 15) is 0 Å². The number of aryl methyl sites for hydroxylation is 1. The maximum absolute atomic E-state index is 8.58. The van der Waals surface area contributed by atoms with Crippen molar-refractivity contribution in [2.45, 2.75) is 13.5 Å². The number of aromatic nitrogens is 1. The van der Waals surface area contributed by atoms with E-state index < -0.39 is 0 Å². The van der Waals surface area contributed by atoms with Crippen LogP contribution in [-0.2, 0) is 6.54 Å². The van der Waals surface area contributed by atoms with Crippen LogP contribution in [0, 0.1) is 11.3 Å². The highest BCUT2D eigenvalue weighted by molar-refractivity contribution is 5.12. The molecule has 0 bridgehead atoms. The maximum Gasteiger partial charge on any atom is 0.283 e. The lowest BCUT2D eigenvalue weighted by molar-refractivity contribution is -0.696. The van der Waals surface area contributed by atoms with Crippen molar-refractivity contribution in [2.24, 2.45) is 0 Å². The number of hydrogen-bond donors (Lipinski definition) is 0. The zero-order valence-corrected chi connectivity index (χ0v) is 5.91. The van der Waals surface area contributed by atoms with Gasteiger partial charge in [0.2, 0.25) is 0 Å². The van der Waals surface area contributed by atoms with Crippen molar-refractivity contribution in [1.82, 2.24) is 0 Å². The van der Waals surface area contributed by atoms with Gasteiger partial charge < -0.3 is 0 Å². The summed E-state index contributed by atoms with van der Waals surface area (Å²) >= 11 is 0. The minimum absolute atomic E-state index is 0.713. The highest BCUT2D eigenvalue weighted by Crippen LogP contribution is 1.86. The lowest BCUT2D eigenvalue weighted by atomic mass is 10.3. The van der Waals surface area contributed by atoms with Crippen molar-refractivity contribution < 1.29 is 4.57 Å². The standard InChI is InChI=1S/C8H9N2/c1-2-10-6-4-3-5-8(10)7-9/h3-6H,2H2,1H3/q+1. The molecular weight excluding hydrogens is 124 g/mol. The van der Waals surface area contributed by atoms with Gasteiger partial charge in [0.25, 0.3) is 5.69 Å². The second kappa shape index (κ2) is 2.98. The molecule has 50 valence electrons. The van der Waals surface area contributed by atoms with Crippen LogP contribution in [-0.4, -0.2) is 0 Å². The number of nitrogens with zero attached hydrogens (tertiary/aromatic N) is 2. The summed E-state index contributed by atoms with van der Waals surface area (Å²) in [4.78, 5) is 0. The molecule has 0 N–H and O–H groups in total. The Morgan fingerprint density at radius 1 is 1.60 bits per heavy atom. The fraction of sp³-hybridized carbons (Fsp3) is 0.250.